The molecule has 0 heterocycles. The van der Waals surface area contributed by atoms with Crippen LogP contribution in [0.5, 0.6) is 0 Å². The quantitative estimate of drug-likeness (QED) is 0.0908. The Labute approximate surface area is 234 Å². The second kappa shape index (κ2) is 20.8. The average Bonchev–Trinajstić information content (AvgIpc) is 2.97. The van der Waals surface area contributed by atoms with Gasteiger partial charge in [0, 0.05) is 6.42 Å². The first-order valence-corrected chi connectivity index (χ1v) is 14.7. The molecule has 0 aromatic heterocycles. The lowest BCUT2D eigenvalue weighted by Gasteiger charge is -2.18. The van der Waals surface area contributed by atoms with Crippen molar-refractivity contribution < 1.29 is 28.6 Å². The number of rotatable bonds is 21. The predicted octanol–water partition coefficient (Wildman–Crippen LogP) is 8.09. The molecule has 39 heavy (non-hydrogen) atoms. The Morgan fingerprint density at radius 2 is 1.00 bits per heavy atom. The van der Waals surface area contributed by atoms with Crippen LogP contribution in [0, 0.1) is 0 Å². The summed E-state index contributed by atoms with van der Waals surface area (Å²) in [6, 6.07) is 17.1. The van der Waals surface area contributed by atoms with Gasteiger partial charge in [0.1, 0.15) is 13.2 Å². The molecule has 2 rings (SSSR count). The van der Waals surface area contributed by atoms with Gasteiger partial charge in [-0.05, 0) is 30.7 Å². The van der Waals surface area contributed by atoms with Gasteiger partial charge in [-0.25, -0.2) is 9.59 Å². The highest BCUT2D eigenvalue weighted by molar-refractivity contribution is 5.90. The van der Waals surface area contributed by atoms with Crippen molar-refractivity contribution in [1.29, 1.82) is 0 Å². The van der Waals surface area contributed by atoms with Crippen molar-refractivity contribution in [3.05, 3.63) is 71.8 Å². The van der Waals surface area contributed by atoms with Crippen molar-refractivity contribution in [3.63, 3.8) is 0 Å². The molecule has 214 valence electrons. The second-order valence-electron chi connectivity index (χ2n) is 10.0. The Kier molecular flexibility index (Phi) is 17.1. The fraction of sp³-hybridized carbons (Fsp3) is 0.545. The fourth-order valence-electron chi connectivity index (χ4n) is 4.28. The molecule has 0 fully saturated rings. The van der Waals surface area contributed by atoms with Gasteiger partial charge in [-0.2, -0.15) is 0 Å². The van der Waals surface area contributed by atoms with E-state index in [4.69, 9.17) is 14.2 Å². The normalized spacial score (nSPS) is 11.5. The number of benzene rings is 2. The van der Waals surface area contributed by atoms with Gasteiger partial charge in [0.15, 0.2) is 6.10 Å². The minimum absolute atomic E-state index is 0.169. The average molecular weight is 539 g/mol. The van der Waals surface area contributed by atoms with Gasteiger partial charge in [0.2, 0.25) is 0 Å². The fourth-order valence-corrected chi connectivity index (χ4v) is 4.28. The summed E-state index contributed by atoms with van der Waals surface area (Å²) < 4.78 is 16.2. The number of ether oxygens (including phenoxy) is 3. The third-order valence-corrected chi connectivity index (χ3v) is 6.61. The van der Waals surface area contributed by atoms with Crippen molar-refractivity contribution in [3.8, 4) is 0 Å². The van der Waals surface area contributed by atoms with Crippen LogP contribution in [0.15, 0.2) is 60.7 Å². The molecule has 2 aromatic rings. The van der Waals surface area contributed by atoms with Crippen molar-refractivity contribution in [2.24, 2.45) is 0 Å². The minimum atomic E-state index is -0.902. The van der Waals surface area contributed by atoms with E-state index in [9.17, 15) is 14.4 Å². The Hall–Kier alpha value is -3.15. The molecule has 2 aromatic carbocycles. The standard InChI is InChI=1S/C33H46O6/c1-2-3-4-5-6-7-8-9-10-11-12-13-20-25-31(34)37-26-30(39-33(36)29-23-18-15-19-24-29)27-38-32(35)28-21-16-14-17-22-28/h14-19,21-24,30H,2-13,20,25-27H2,1H3/t30-/m0/s1. The van der Waals surface area contributed by atoms with E-state index in [0.717, 1.165) is 19.3 Å². The molecule has 0 bridgehead atoms. The van der Waals surface area contributed by atoms with E-state index in [1.165, 1.54) is 64.2 Å². The lowest BCUT2D eigenvalue weighted by molar-refractivity contribution is -0.147. The molecule has 6 nitrogen and oxygen atoms in total. The van der Waals surface area contributed by atoms with Crippen molar-refractivity contribution in [1.82, 2.24) is 0 Å². The summed E-state index contributed by atoms with van der Waals surface area (Å²) in [5.41, 5.74) is 0.764. The van der Waals surface area contributed by atoms with E-state index in [1.807, 2.05) is 0 Å². The molecule has 1 atom stereocenters. The van der Waals surface area contributed by atoms with Gasteiger partial charge in [0.05, 0.1) is 11.1 Å². The minimum Gasteiger partial charge on any atom is -0.462 e. The number of hydrogen-bond donors (Lipinski definition) is 0. The summed E-state index contributed by atoms with van der Waals surface area (Å²) in [5.74, 6) is -1.44. The first kappa shape index (κ1) is 32.1. The summed E-state index contributed by atoms with van der Waals surface area (Å²) in [7, 11) is 0. The lowest BCUT2D eigenvalue weighted by Crippen LogP contribution is -2.31. The molecule has 0 unspecified atom stereocenters. The van der Waals surface area contributed by atoms with Crippen molar-refractivity contribution in [2.75, 3.05) is 13.2 Å². The number of carbonyl (C=O) groups excluding carboxylic acids is 3. The Morgan fingerprint density at radius 1 is 0.564 bits per heavy atom. The molecule has 0 radical (unpaired) electrons. The summed E-state index contributed by atoms with van der Waals surface area (Å²) >= 11 is 0. The number of esters is 3. The Balaban J connectivity index is 1.64. The van der Waals surface area contributed by atoms with E-state index >= 15 is 0 Å². The van der Waals surface area contributed by atoms with Crippen molar-refractivity contribution in [2.45, 2.75) is 103 Å². The van der Waals surface area contributed by atoms with Gasteiger partial charge in [-0.15, -0.1) is 0 Å². The zero-order valence-electron chi connectivity index (χ0n) is 23.6. The summed E-state index contributed by atoms with van der Waals surface area (Å²) in [4.78, 5) is 37.1. The highest BCUT2D eigenvalue weighted by Gasteiger charge is 2.21. The van der Waals surface area contributed by atoms with Crippen LogP contribution in [0.4, 0.5) is 0 Å². The van der Waals surface area contributed by atoms with E-state index in [1.54, 1.807) is 60.7 Å². The Bertz CT molecular complexity index is 928. The second-order valence-corrected chi connectivity index (χ2v) is 10.0. The maximum Gasteiger partial charge on any atom is 0.338 e. The third kappa shape index (κ3) is 15.1. The zero-order valence-corrected chi connectivity index (χ0v) is 23.6. The van der Waals surface area contributed by atoms with E-state index in [-0.39, 0.29) is 19.2 Å². The van der Waals surface area contributed by atoms with E-state index < -0.39 is 18.0 Å². The molecule has 0 N–H and O–H groups in total. The molecule has 0 aliphatic rings. The smallest absolute Gasteiger partial charge is 0.338 e. The third-order valence-electron chi connectivity index (χ3n) is 6.61. The van der Waals surface area contributed by atoms with Gasteiger partial charge in [-0.3, -0.25) is 4.79 Å². The molecule has 0 aliphatic heterocycles. The van der Waals surface area contributed by atoms with Gasteiger partial charge in [-0.1, -0.05) is 120 Å². The monoisotopic (exact) mass is 538 g/mol. The first-order valence-electron chi connectivity index (χ1n) is 14.7. The topological polar surface area (TPSA) is 78.9 Å². The maximum absolute atomic E-state index is 12.5. The van der Waals surface area contributed by atoms with Crippen LogP contribution in [0.25, 0.3) is 0 Å². The molecule has 6 heteroatoms. The van der Waals surface area contributed by atoms with Crippen LogP contribution >= 0.6 is 0 Å². The SMILES string of the molecule is CCCCCCCCCCCCCCCC(=O)OC[C@@H](COC(=O)c1ccccc1)OC(=O)c1ccccc1. The zero-order chi connectivity index (χ0) is 28.0. The van der Waals surface area contributed by atoms with Crippen molar-refractivity contribution >= 4 is 17.9 Å². The maximum atomic E-state index is 12.5. The van der Waals surface area contributed by atoms with Crippen LogP contribution in [0.1, 0.15) is 118 Å². The highest BCUT2D eigenvalue weighted by Crippen LogP contribution is 2.13. The molecule has 0 saturated heterocycles. The summed E-state index contributed by atoms with van der Waals surface area (Å²) in [6.45, 7) is 1.87. The lowest BCUT2D eigenvalue weighted by atomic mass is 10.0. The predicted molar refractivity (Wildman–Crippen MR) is 154 cm³/mol. The van der Waals surface area contributed by atoms with E-state index in [2.05, 4.69) is 6.92 Å². The Morgan fingerprint density at radius 3 is 1.51 bits per heavy atom. The van der Waals surface area contributed by atoms with Crippen LogP contribution in [-0.4, -0.2) is 37.2 Å². The van der Waals surface area contributed by atoms with Gasteiger partial charge < -0.3 is 14.2 Å². The number of hydrogen-bond acceptors (Lipinski definition) is 6. The van der Waals surface area contributed by atoms with Crippen LogP contribution in [0.2, 0.25) is 0 Å². The molecule has 0 aliphatic carbocycles. The number of carbonyl (C=O) groups is 3. The molecular weight excluding hydrogens is 492 g/mol. The highest BCUT2D eigenvalue weighted by atomic mass is 16.6. The van der Waals surface area contributed by atoms with Gasteiger partial charge in [0.25, 0.3) is 0 Å². The summed E-state index contributed by atoms with van der Waals surface area (Å²) in [6.07, 6.45) is 15.5. The summed E-state index contributed by atoms with van der Waals surface area (Å²) in [5, 5.41) is 0. The molecule has 0 saturated carbocycles. The van der Waals surface area contributed by atoms with Gasteiger partial charge >= 0.3 is 17.9 Å². The molecule has 0 amide bonds. The largest absolute Gasteiger partial charge is 0.462 e. The van der Waals surface area contributed by atoms with Crippen LogP contribution in [-0.2, 0) is 19.0 Å². The number of unbranched alkanes of at least 4 members (excludes halogenated alkanes) is 12. The van der Waals surface area contributed by atoms with E-state index in [0.29, 0.717) is 17.5 Å². The van der Waals surface area contributed by atoms with Crippen LogP contribution in [0.3, 0.4) is 0 Å². The first-order chi connectivity index (χ1) is 19.1. The molecule has 0 spiro atoms. The molecular formula is C33H46O6. The van der Waals surface area contributed by atoms with Crippen LogP contribution < -0.4 is 0 Å².